The highest BCUT2D eigenvalue weighted by atomic mass is 19.1. The molecule has 1 fully saturated rings. The third-order valence-corrected chi connectivity index (χ3v) is 6.86. The van der Waals surface area contributed by atoms with Crippen molar-refractivity contribution in [2.45, 2.75) is 26.2 Å². The minimum atomic E-state index is -0.417. The quantitative estimate of drug-likeness (QED) is 0.426. The van der Waals surface area contributed by atoms with Gasteiger partial charge in [0.2, 0.25) is 5.91 Å². The summed E-state index contributed by atoms with van der Waals surface area (Å²) in [5, 5.41) is 0. The summed E-state index contributed by atoms with van der Waals surface area (Å²) in [5.41, 5.74) is 5.63. The lowest BCUT2D eigenvalue weighted by Crippen LogP contribution is -2.49. The second-order valence-corrected chi connectivity index (χ2v) is 8.98. The van der Waals surface area contributed by atoms with Gasteiger partial charge in [-0.1, -0.05) is 42.5 Å². The second-order valence-electron chi connectivity index (χ2n) is 8.98. The number of hydrogen-bond acceptors (Lipinski definition) is 3. The van der Waals surface area contributed by atoms with E-state index in [1.54, 1.807) is 18.3 Å². The van der Waals surface area contributed by atoms with Crippen LogP contribution in [0.5, 0.6) is 0 Å². The Balaban J connectivity index is 1.40. The molecule has 0 N–H and O–H groups in total. The molecule has 1 amide bonds. The fourth-order valence-corrected chi connectivity index (χ4v) is 5.03. The Morgan fingerprint density at radius 3 is 2.44 bits per heavy atom. The lowest BCUT2D eigenvalue weighted by atomic mass is 9.91. The minimum Gasteiger partial charge on any atom is -0.368 e. The molecule has 6 heteroatoms. The van der Waals surface area contributed by atoms with Crippen LogP contribution < -0.4 is 4.90 Å². The molecule has 0 aliphatic carbocycles. The van der Waals surface area contributed by atoms with Gasteiger partial charge in [-0.05, 0) is 49.2 Å². The molecule has 2 aromatic carbocycles. The van der Waals surface area contributed by atoms with Crippen molar-refractivity contribution < 1.29 is 9.18 Å². The number of aryl methyl sites for hydroxylation is 2. The number of pyridine rings is 1. The van der Waals surface area contributed by atoms with Crippen molar-refractivity contribution in [3.05, 3.63) is 101 Å². The summed E-state index contributed by atoms with van der Waals surface area (Å²) >= 11 is 0. The highest BCUT2D eigenvalue weighted by Crippen LogP contribution is 2.32. The molecule has 0 saturated carbocycles. The van der Waals surface area contributed by atoms with Crippen LogP contribution in [0.2, 0.25) is 0 Å². The number of carbonyl (C=O) groups is 1. The first-order valence-electron chi connectivity index (χ1n) is 11.8. The van der Waals surface area contributed by atoms with Crippen LogP contribution in [0.15, 0.2) is 72.9 Å². The van der Waals surface area contributed by atoms with Crippen molar-refractivity contribution in [2.24, 2.45) is 0 Å². The molecule has 0 spiro atoms. The van der Waals surface area contributed by atoms with E-state index in [1.165, 1.54) is 17.3 Å². The van der Waals surface area contributed by atoms with Gasteiger partial charge < -0.3 is 14.2 Å². The van der Waals surface area contributed by atoms with Crippen LogP contribution in [0.25, 0.3) is 5.65 Å². The zero-order chi connectivity index (χ0) is 23.7. The van der Waals surface area contributed by atoms with E-state index in [-0.39, 0.29) is 18.1 Å². The average Bonchev–Trinajstić information content (AvgIpc) is 3.29. The lowest BCUT2D eigenvalue weighted by molar-refractivity contribution is -0.131. The van der Waals surface area contributed by atoms with Crippen LogP contribution in [0.4, 0.5) is 10.1 Å². The SMILES string of the molecule is Cc1ccccc1N1CCN(C(=O)CC(c2ccccc2F)c2cnc3cccc(C)n23)CC1. The third kappa shape index (κ3) is 4.16. The lowest BCUT2D eigenvalue weighted by Gasteiger charge is -2.37. The normalized spacial score (nSPS) is 15.0. The van der Waals surface area contributed by atoms with Gasteiger partial charge in [-0.2, -0.15) is 0 Å². The maximum atomic E-state index is 14.9. The Labute approximate surface area is 199 Å². The topological polar surface area (TPSA) is 40.8 Å². The van der Waals surface area contributed by atoms with Crippen molar-refractivity contribution >= 4 is 17.2 Å². The van der Waals surface area contributed by atoms with Gasteiger partial charge in [-0.3, -0.25) is 4.79 Å². The molecule has 1 aliphatic heterocycles. The van der Waals surface area contributed by atoms with E-state index >= 15 is 0 Å². The molecule has 5 rings (SSSR count). The average molecular weight is 457 g/mol. The van der Waals surface area contributed by atoms with Crippen LogP contribution in [0.1, 0.15) is 34.9 Å². The number of amides is 1. The van der Waals surface area contributed by atoms with Gasteiger partial charge in [-0.25, -0.2) is 9.37 Å². The largest absolute Gasteiger partial charge is 0.368 e. The van der Waals surface area contributed by atoms with E-state index in [9.17, 15) is 9.18 Å². The van der Waals surface area contributed by atoms with Crippen molar-refractivity contribution in [2.75, 3.05) is 31.1 Å². The number of fused-ring (bicyclic) bond motifs is 1. The Kier molecular flexibility index (Phi) is 6.05. The van der Waals surface area contributed by atoms with Crippen molar-refractivity contribution in [3.8, 4) is 0 Å². The molecule has 1 atom stereocenters. The van der Waals surface area contributed by atoms with Crippen LogP contribution in [0, 0.1) is 19.7 Å². The summed E-state index contributed by atoms with van der Waals surface area (Å²) in [6.07, 6.45) is 1.98. The van der Waals surface area contributed by atoms with Crippen molar-refractivity contribution in [1.82, 2.24) is 14.3 Å². The van der Waals surface area contributed by atoms with E-state index in [2.05, 4.69) is 35.0 Å². The molecule has 0 bridgehead atoms. The molecule has 1 unspecified atom stereocenters. The Bertz CT molecular complexity index is 1320. The predicted molar refractivity (Wildman–Crippen MR) is 133 cm³/mol. The molecule has 5 nitrogen and oxygen atoms in total. The number of benzene rings is 2. The molecule has 4 aromatic rings. The fraction of sp³-hybridized carbons (Fsp3) is 0.286. The van der Waals surface area contributed by atoms with Crippen LogP contribution in [-0.2, 0) is 4.79 Å². The van der Waals surface area contributed by atoms with E-state index in [0.29, 0.717) is 18.7 Å². The number of hydrogen-bond donors (Lipinski definition) is 0. The standard InChI is InChI=1S/C28H29FN4O/c1-20-8-3-6-12-25(20)31-14-16-32(17-15-31)28(34)18-23(22-10-4-5-11-24(22)29)26-19-30-27-13-7-9-21(2)33(26)27/h3-13,19,23H,14-18H2,1-2H3. The molecular weight excluding hydrogens is 427 g/mol. The molecule has 0 radical (unpaired) electrons. The maximum absolute atomic E-state index is 14.9. The Hall–Kier alpha value is -3.67. The number of aromatic nitrogens is 2. The summed E-state index contributed by atoms with van der Waals surface area (Å²) in [6, 6.07) is 21.0. The van der Waals surface area contributed by atoms with Crippen LogP contribution in [-0.4, -0.2) is 46.4 Å². The Morgan fingerprint density at radius 2 is 1.68 bits per heavy atom. The van der Waals surface area contributed by atoms with E-state index in [4.69, 9.17) is 0 Å². The molecular formula is C28H29FN4O. The van der Waals surface area contributed by atoms with Crippen molar-refractivity contribution in [1.29, 1.82) is 0 Å². The van der Waals surface area contributed by atoms with Crippen LogP contribution in [0.3, 0.4) is 0 Å². The van der Waals surface area contributed by atoms with Gasteiger partial charge in [0.25, 0.3) is 0 Å². The van der Waals surface area contributed by atoms with Gasteiger partial charge in [-0.15, -0.1) is 0 Å². The number of rotatable bonds is 5. The zero-order valence-electron chi connectivity index (χ0n) is 19.6. The number of halogens is 1. The first-order chi connectivity index (χ1) is 16.5. The smallest absolute Gasteiger partial charge is 0.223 e. The summed E-state index contributed by atoms with van der Waals surface area (Å²) in [6.45, 7) is 7.00. The monoisotopic (exact) mass is 456 g/mol. The molecule has 1 aliphatic rings. The number of carbonyl (C=O) groups excluding carboxylic acids is 1. The van der Waals surface area contributed by atoms with Gasteiger partial charge in [0.15, 0.2) is 0 Å². The number of para-hydroxylation sites is 1. The third-order valence-electron chi connectivity index (χ3n) is 6.86. The molecule has 34 heavy (non-hydrogen) atoms. The number of piperazine rings is 1. The number of imidazole rings is 1. The number of anilines is 1. The highest BCUT2D eigenvalue weighted by Gasteiger charge is 2.29. The minimum absolute atomic E-state index is 0.0428. The Morgan fingerprint density at radius 1 is 0.941 bits per heavy atom. The van der Waals surface area contributed by atoms with Crippen LogP contribution >= 0.6 is 0 Å². The van der Waals surface area contributed by atoms with Crippen molar-refractivity contribution in [3.63, 3.8) is 0 Å². The molecule has 3 heterocycles. The van der Waals surface area contributed by atoms with Gasteiger partial charge >= 0.3 is 0 Å². The van der Waals surface area contributed by atoms with Gasteiger partial charge in [0.05, 0.1) is 5.69 Å². The first-order valence-corrected chi connectivity index (χ1v) is 11.8. The first kappa shape index (κ1) is 22.1. The van der Waals surface area contributed by atoms with Gasteiger partial charge in [0.1, 0.15) is 11.5 Å². The summed E-state index contributed by atoms with van der Waals surface area (Å²) < 4.78 is 17.0. The molecule has 2 aromatic heterocycles. The van der Waals surface area contributed by atoms with E-state index in [1.807, 2.05) is 46.6 Å². The number of nitrogens with zero attached hydrogens (tertiary/aromatic N) is 4. The predicted octanol–water partition coefficient (Wildman–Crippen LogP) is 4.96. The summed E-state index contributed by atoms with van der Waals surface area (Å²) in [7, 11) is 0. The van der Waals surface area contributed by atoms with E-state index < -0.39 is 5.92 Å². The molecule has 1 saturated heterocycles. The fourth-order valence-electron chi connectivity index (χ4n) is 5.03. The maximum Gasteiger partial charge on any atom is 0.223 e. The highest BCUT2D eigenvalue weighted by molar-refractivity contribution is 5.78. The summed E-state index contributed by atoms with van der Waals surface area (Å²) in [5.74, 6) is -0.673. The van der Waals surface area contributed by atoms with E-state index in [0.717, 1.165) is 30.1 Å². The van der Waals surface area contributed by atoms with Gasteiger partial charge in [0, 0.05) is 56.1 Å². The summed E-state index contributed by atoms with van der Waals surface area (Å²) in [4.78, 5) is 22.3. The zero-order valence-corrected chi connectivity index (χ0v) is 19.6. The molecule has 174 valence electrons. The second kappa shape index (κ2) is 9.29.